The van der Waals surface area contributed by atoms with Crippen molar-refractivity contribution in [3.63, 3.8) is 0 Å². The molecule has 0 aliphatic heterocycles. The zero-order valence-electron chi connectivity index (χ0n) is 12.5. The van der Waals surface area contributed by atoms with Gasteiger partial charge in [0.1, 0.15) is 6.33 Å². The Balaban J connectivity index is 1.65. The summed E-state index contributed by atoms with van der Waals surface area (Å²) in [5, 5.41) is 9.36. The Labute approximate surface area is 136 Å². The number of hydrogen-bond acceptors (Lipinski definition) is 7. The van der Waals surface area contributed by atoms with E-state index in [1.54, 1.807) is 41.9 Å². The predicted molar refractivity (Wildman–Crippen MR) is 89.9 cm³/mol. The summed E-state index contributed by atoms with van der Waals surface area (Å²) in [6.45, 7) is 0. The normalized spacial score (nSPS) is 11.2. The van der Waals surface area contributed by atoms with E-state index in [0.29, 0.717) is 11.5 Å². The van der Waals surface area contributed by atoms with E-state index < -0.39 is 0 Å². The van der Waals surface area contributed by atoms with Crippen LogP contribution in [0, 0.1) is 0 Å². The second-order valence-corrected chi connectivity index (χ2v) is 4.87. The third-order valence-electron chi connectivity index (χ3n) is 3.36. The number of pyridine rings is 2. The molecule has 116 valence electrons. The van der Waals surface area contributed by atoms with E-state index in [4.69, 9.17) is 0 Å². The summed E-state index contributed by atoms with van der Waals surface area (Å²) < 4.78 is 1.73. The van der Waals surface area contributed by atoms with Gasteiger partial charge in [0, 0.05) is 24.8 Å². The summed E-state index contributed by atoms with van der Waals surface area (Å²) in [5.41, 5.74) is 5.45. The van der Waals surface area contributed by atoms with Crippen molar-refractivity contribution < 1.29 is 0 Å². The molecule has 8 heteroatoms. The van der Waals surface area contributed by atoms with Crippen LogP contribution in [0.1, 0.15) is 5.56 Å². The molecule has 0 aliphatic rings. The molecular formula is C16H12N8. The van der Waals surface area contributed by atoms with E-state index in [1.807, 2.05) is 24.3 Å². The molecule has 0 unspecified atom stereocenters. The van der Waals surface area contributed by atoms with Crippen molar-refractivity contribution in [2.24, 2.45) is 5.10 Å². The van der Waals surface area contributed by atoms with Gasteiger partial charge in [0.05, 0.1) is 23.5 Å². The fourth-order valence-electron chi connectivity index (χ4n) is 2.22. The number of aromatic nitrogens is 6. The van der Waals surface area contributed by atoms with E-state index in [9.17, 15) is 0 Å². The Morgan fingerprint density at radius 2 is 1.71 bits per heavy atom. The van der Waals surface area contributed by atoms with Crippen LogP contribution in [0.2, 0.25) is 0 Å². The van der Waals surface area contributed by atoms with Crippen LogP contribution in [-0.2, 0) is 0 Å². The minimum absolute atomic E-state index is 0.589. The van der Waals surface area contributed by atoms with E-state index >= 15 is 0 Å². The highest BCUT2D eigenvalue weighted by molar-refractivity contribution is 5.88. The van der Waals surface area contributed by atoms with Gasteiger partial charge >= 0.3 is 0 Å². The molecule has 8 nitrogen and oxygen atoms in total. The molecule has 0 amide bonds. The van der Waals surface area contributed by atoms with Gasteiger partial charge in [-0.3, -0.25) is 15.4 Å². The lowest BCUT2D eigenvalue weighted by Gasteiger charge is -2.03. The lowest BCUT2D eigenvalue weighted by Crippen LogP contribution is -1.99. The molecule has 4 aromatic rings. The summed E-state index contributed by atoms with van der Waals surface area (Å²) in [7, 11) is 0. The van der Waals surface area contributed by atoms with E-state index in [2.05, 4.69) is 35.6 Å². The molecule has 0 radical (unpaired) electrons. The Hall–Kier alpha value is -3.68. The largest absolute Gasteiger partial charge is 0.265 e. The first-order chi connectivity index (χ1) is 11.9. The van der Waals surface area contributed by atoms with E-state index in [1.165, 1.54) is 6.33 Å². The van der Waals surface area contributed by atoms with Crippen LogP contribution in [0.25, 0.3) is 16.7 Å². The molecule has 0 aliphatic carbocycles. The first-order valence-electron chi connectivity index (χ1n) is 7.20. The molecule has 4 aromatic heterocycles. The van der Waals surface area contributed by atoms with Gasteiger partial charge in [-0.1, -0.05) is 0 Å². The maximum Gasteiger partial charge on any atom is 0.168 e. The van der Waals surface area contributed by atoms with Gasteiger partial charge in [-0.15, -0.1) is 0 Å². The SMILES string of the molecule is C(=N\Nc1ncnc2c1cnn2-c1ccncc1)/c1ccncc1. The van der Waals surface area contributed by atoms with Crippen LogP contribution < -0.4 is 5.43 Å². The summed E-state index contributed by atoms with van der Waals surface area (Å²) in [6.07, 6.45) is 11.7. The smallest absolute Gasteiger partial charge is 0.168 e. The molecular weight excluding hydrogens is 304 g/mol. The topological polar surface area (TPSA) is 93.8 Å². The van der Waals surface area contributed by atoms with Crippen LogP contribution in [-0.4, -0.2) is 35.9 Å². The molecule has 0 spiro atoms. The van der Waals surface area contributed by atoms with Gasteiger partial charge in [-0.2, -0.15) is 10.2 Å². The molecule has 0 saturated carbocycles. The summed E-state index contributed by atoms with van der Waals surface area (Å²) >= 11 is 0. The van der Waals surface area contributed by atoms with Crippen molar-refractivity contribution in [1.82, 2.24) is 29.7 Å². The summed E-state index contributed by atoms with van der Waals surface area (Å²) in [5.74, 6) is 0.589. The molecule has 1 N–H and O–H groups in total. The highest BCUT2D eigenvalue weighted by Crippen LogP contribution is 2.21. The average molecular weight is 316 g/mol. The predicted octanol–water partition coefficient (Wildman–Crippen LogP) is 2.05. The lowest BCUT2D eigenvalue weighted by atomic mass is 10.3. The molecule has 0 saturated heterocycles. The minimum atomic E-state index is 0.589. The second kappa shape index (κ2) is 6.21. The molecule has 0 bridgehead atoms. The molecule has 4 heterocycles. The Kier molecular flexibility index (Phi) is 3.61. The van der Waals surface area contributed by atoms with E-state index in [0.717, 1.165) is 16.6 Å². The highest BCUT2D eigenvalue weighted by atomic mass is 15.3. The van der Waals surface area contributed by atoms with Crippen LogP contribution in [0.15, 0.2) is 66.7 Å². The number of hydrazone groups is 1. The number of hydrogen-bond donors (Lipinski definition) is 1. The Morgan fingerprint density at radius 1 is 0.958 bits per heavy atom. The van der Waals surface area contributed by atoms with Crippen LogP contribution in [0.4, 0.5) is 5.82 Å². The molecule has 0 fully saturated rings. The Morgan fingerprint density at radius 3 is 2.50 bits per heavy atom. The van der Waals surface area contributed by atoms with Gasteiger partial charge in [0.2, 0.25) is 0 Å². The summed E-state index contributed by atoms with van der Waals surface area (Å²) in [6, 6.07) is 7.46. The first-order valence-corrected chi connectivity index (χ1v) is 7.20. The fourth-order valence-corrected chi connectivity index (χ4v) is 2.22. The molecule has 0 aromatic carbocycles. The van der Waals surface area contributed by atoms with Crippen molar-refractivity contribution >= 4 is 23.1 Å². The van der Waals surface area contributed by atoms with Crippen molar-refractivity contribution in [3.8, 4) is 5.69 Å². The third-order valence-corrected chi connectivity index (χ3v) is 3.36. The van der Waals surface area contributed by atoms with Gasteiger partial charge < -0.3 is 0 Å². The number of rotatable bonds is 4. The van der Waals surface area contributed by atoms with Crippen LogP contribution in [0.3, 0.4) is 0 Å². The van der Waals surface area contributed by atoms with Crippen molar-refractivity contribution in [2.75, 3.05) is 5.43 Å². The second-order valence-electron chi connectivity index (χ2n) is 4.87. The maximum absolute atomic E-state index is 4.38. The monoisotopic (exact) mass is 316 g/mol. The Bertz CT molecular complexity index is 979. The molecule has 24 heavy (non-hydrogen) atoms. The number of anilines is 1. The van der Waals surface area contributed by atoms with Gasteiger partial charge in [0.25, 0.3) is 0 Å². The highest BCUT2D eigenvalue weighted by Gasteiger charge is 2.10. The van der Waals surface area contributed by atoms with Crippen LogP contribution in [0.5, 0.6) is 0 Å². The number of nitrogens with one attached hydrogen (secondary N) is 1. The van der Waals surface area contributed by atoms with Gasteiger partial charge in [-0.05, 0) is 29.8 Å². The molecule has 4 rings (SSSR count). The van der Waals surface area contributed by atoms with Crippen molar-refractivity contribution in [3.05, 3.63) is 67.1 Å². The van der Waals surface area contributed by atoms with Crippen LogP contribution >= 0.6 is 0 Å². The van der Waals surface area contributed by atoms with Crippen molar-refractivity contribution in [1.29, 1.82) is 0 Å². The van der Waals surface area contributed by atoms with Gasteiger partial charge in [-0.25, -0.2) is 14.6 Å². The standard InChI is InChI=1S/C16H12N8/c1-5-17-6-2-12(1)9-21-23-15-14-10-22-24(16(14)20-11-19-15)13-3-7-18-8-4-13/h1-11H,(H,19,20,23)/b21-9+. The average Bonchev–Trinajstić information content (AvgIpc) is 3.08. The minimum Gasteiger partial charge on any atom is -0.265 e. The number of fused-ring (bicyclic) bond motifs is 1. The third kappa shape index (κ3) is 2.68. The quantitative estimate of drug-likeness (QED) is 0.457. The number of nitrogens with zero attached hydrogens (tertiary/aromatic N) is 7. The lowest BCUT2D eigenvalue weighted by molar-refractivity contribution is 0.892. The van der Waals surface area contributed by atoms with E-state index in [-0.39, 0.29) is 0 Å². The van der Waals surface area contributed by atoms with Gasteiger partial charge in [0.15, 0.2) is 11.5 Å². The van der Waals surface area contributed by atoms with Crippen molar-refractivity contribution in [2.45, 2.75) is 0 Å². The zero-order valence-corrected chi connectivity index (χ0v) is 12.5. The summed E-state index contributed by atoms with van der Waals surface area (Å²) in [4.78, 5) is 16.5. The maximum atomic E-state index is 4.38. The first kappa shape index (κ1) is 13.9. The molecule has 0 atom stereocenters. The fraction of sp³-hybridized carbons (Fsp3) is 0. The zero-order chi connectivity index (χ0) is 16.2.